The van der Waals surface area contributed by atoms with Crippen molar-refractivity contribution in [3.05, 3.63) is 89.5 Å². The smallest absolute Gasteiger partial charge is 0.326 e. The zero-order valence-electron chi connectivity index (χ0n) is 21.9. The molecule has 2 atom stereocenters. The van der Waals surface area contributed by atoms with Crippen molar-refractivity contribution >= 4 is 11.9 Å². The van der Waals surface area contributed by atoms with Gasteiger partial charge in [-0.25, -0.2) is 4.79 Å². The van der Waals surface area contributed by atoms with E-state index in [9.17, 15) is 14.7 Å². The molecule has 0 spiro atoms. The number of hydrogen-bond acceptors (Lipinski definition) is 4. The molecule has 1 saturated heterocycles. The summed E-state index contributed by atoms with van der Waals surface area (Å²) < 4.78 is 11.5. The molecule has 6 heteroatoms. The van der Waals surface area contributed by atoms with Gasteiger partial charge in [-0.2, -0.15) is 0 Å². The standard InChI is InChI=1S/C31H35NO5/c1-30(2,3)23-14-16-24(17-15-23)31(18-7-19-37-31)29(35)32-26(28(33)34)20-21-10-12-22(13-11-21)25-8-5-6-9-27(25)36-4/h5-6,8-17,26H,7,18-20H2,1-4H3,(H,32,35)(H,33,34)/t26-,31-/m0/s1. The van der Waals surface area contributed by atoms with Crippen LogP contribution in [-0.2, 0) is 31.8 Å². The van der Waals surface area contributed by atoms with Gasteiger partial charge in [0.05, 0.1) is 7.11 Å². The van der Waals surface area contributed by atoms with Crippen LogP contribution >= 0.6 is 0 Å². The number of carboxylic acids is 1. The molecule has 1 heterocycles. The lowest BCUT2D eigenvalue weighted by Gasteiger charge is -2.30. The summed E-state index contributed by atoms with van der Waals surface area (Å²) in [5.74, 6) is -0.728. The van der Waals surface area contributed by atoms with E-state index in [2.05, 4.69) is 26.1 Å². The largest absolute Gasteiger partial charge is 0.496 e. The van der Waals surface area contributed by atoms with Crippen molar-refractivity contribution in [2.45, 2.75) is 57.1 Å². The van der Waals surface area contributed by atoms with E-state index in [-0.39, 0.29) is 11.8 Å². The molecule has 1 aliphatic heterocycles. The van der Waals surface area contributed by atoms with E-state index in [1.807, 2.05) is 72.8 Å². The molecule has 0 bridgehead atoms. The Balaban J connectivity index is 1.52. The quantitative estimate of drug-likeness (QED) is 0.427. The third kappa shape index (κ3) is 5.70. The molecule has 0 saturated carbocycles. The van der Waals surface area contributed by atoms with Gasteiger partial charge in [-0.1, -0.05) is 87.5 Å². The van der Waals surface area contributed by atoms with Gasteiger partial charge in [0.1, 0.15) is 11.8 Å². The monoisotopic (exact) mass is 501 g/mol. The van der Waals surface area contributed by atoms with Gasteiger partial charge in [0.15, 0.2) is 5.60 Å². The molecule has 0 aromatic heterocycles. The molecule has 37 heavy (non-hydrogen) atoms. The van der Waals surface area contributed by atoms with Crippen molar-refractivity contribution in [2.75, 3.05) is 13.7 Å². The summed E-state index contributed by atoms with van der Waals surface area (Å²) in [5.41, 5.74) is 3.44. The molecule has 0 unspecified atom stereocenters. The highest BCUT2D eigenvalue weighted by Gasteiger charge is 2.45. The number of hydrogen-bond donors (Lipinski definition) is 2. The fraction of sp³-hybridized carbons (Fsp3) is 0.355. The van der Waals surface area contributed by atoms with Crippen molar-refractivity contribution < 1.29 is 24.2 Å². The number of nitrogens with one attached hydrogen (secondary N) is 1. The zero-order chi connectivity index (χ0) is 26.6. The molecule has 3 aromatic rings. The Labute approximate surface area is 218 Å². The van der Waals surface area contributed by atoms with E-state index >= 15 is 0 Å². The van der Waals surface area contributed by atoms with Gasteiger partial charge in [0, 0.05) is 18.6 Å². The minimum absolute atomic E-state index is 0.0138. The molecule has 2 N–H and O–H groups in total. The second-order valence-electron chi connectivity index (χ2n) is 10.6. The summed E-state index contributed by atoms with van der Waals surface area (Å²) >= 11 is 0. The number of carboxylic acid groups (broad SMARTS) is 1. The lowest BCUT2D eigenvalue weighted by Crippen LogP contribution is -2.51. The van der Waals surface area contributed by atoms with Crippen molar-refractivity contribution in [1.29, 1.82) is 0 Å². The predicted octanol–water partition coefficient (Wildman–Crippen LogP) is 5.48. The molecule has 0 radical (unpaired) electrons. The second kappa shape index (κ2) is 10.8. The highest BCUT2D eigenvalue weighted by Crippen LogP contribution is 2.38. The first-order valence-corrected chi connectivity index (χ1v) is 12.6. The molecule has 194 valence electrons. The first-order valence-electron chi connectivity index (χ1n) is 12.6. The molecule has 3 aromatic carbocycles. The maximum Gasteiger partial charge on any atom is 0.326 e. The van der Waals surface area contributed by atoms with Crippen LogP contribution in [0.15, 0.2) is 72.8 Å². The normalized spacial score (nSPS) is 18.3. The Morgan fingerprint density at radius 3 is 2.27 bits per heavy atom. The molecule has 0 aliphatic carbocycles. The van der Waals surface area contributed by atoms with Crippen LogP contribution in [-0.4, -0.2) is 36.7 Å². The topological polar surface area (TPSA) is 84.9 Å². The summed E-state index contributed by atoms with van der Waals surface area (Å²) in [5, 5.41) is 12.7. The van der Waals surface area contributed by atoms with Crippen molar-refractivity contribution in [3.8, 4) is 16.9 Å². The van der Waals surface area contributed by atoms with Crippen LogP contribution in [0.3, 0.4) is 0 Å². The summed E-state index contributed by atoms with van der Waals surface area (Å²) in [6.07, 6.45) is 1.40. The average Bonchev–Trinajstić information content (AvgIpc) is 3.40. The first kappa shape index (κ1) is 26.4. The fourth-order valence-electron chi connectivity index (χ4n) is 4.83. The molecule has 1 amide bonds. The van der Waals surface area contributed by atoms with E-state index in [0.717, 1.165) is 40.0 Å². The first-order chi connectivity index (χ1) is 17.6. The van der Waals surface area contributed by atoms with Crippen LogP contribution < -0.4 is 10.1 Å². The highest BCUT2D eigenvalue weighted by molar-refractivity contribution is 5.90. The summed E-state index contributed by atoms with van der Waals surface area (Å²) in [6, 6.07) is 22.2. The third-order valence-electron chi connectivity index (χ3n) is 7.02. The van der Waals surface area contributed by atoms with E-state index in [1.165, 1.54) is 0 Å². The Morgan fingerprint density at radius 1 is 1.03 bits per heavy atom. The van der Waals surface area contributed by atoms with Crippen LogP contribution in [0.5, 0.6) is 5.75 Å². The molecule has 1 fully saturated rings. The number of methoxy groups -OCH3 is 1. The van der Waals surface area contributed by atoms with Gasteiger partial charge in [-0.15, -0.1) is 0 Å². The van der Waals surface area contributed by atoms with Gasteiger partial charge in [0.25, 0.3) is 5.91 Å². The highest BCUT2D eigenvalue weighted by atomic mass is 16.5. The maximum absolute atomic E-state index is 13.6. The minimum Gasteiger partial charge on any atom is -0.496 e. The zero-order valence-corrected chi connectivity index (χ0v) is 21.9. The van der Waals surface area contributed by atoms with Crippen LogP contribution in [0.4, 0.5) is 0 Å². The molecule has 1 aliphatic rings. The van der Waals surface area contributed by atoms with Crippen molar-refractivity contribution in [1.82, 2.24) is 5.32 Å². The Bertz CT molecular complexity index is 1240. The molecule has 4 rings (SSSR count). The van der Waals surface area contributed by atoms with Crippen LogP contribution in [0.2, 0.25) is 0 Å². The number of amides is 1. The van der Waals surface area contributed by atoms with Gasteiger partial charge in [0.2, 0.25) is 0 Å². The molecule has 6 nitrogen and oxygen atoms in total. The summed E-state index contributed by atoms with van der Waals surface area (Å²) in [6.45, 7) is 6.86. The van der Waals surface area contributed by atoms with Gasteiger partial charge in [-0.3, -0.25) is 4.79 Å². The summed E-state index contributed by atoms with van der Waals surface area (Å²) in [4.78, 5) is 25.7. The Morgan fingerprint density at radius 2 is 1.70 bits per heavy atom. The van der Waals surface area contributed by atoms with Crippen LogP contribution in [0, 0.1) is 0 Å². The van der Waals surface area contributed by atoms with Gasteiger partial charge in [-0.05, 0) is 46.6 Å². The number of carbonyl (C=O) groups excluding carboxylic acids is 1. The number of ether oxygens (including phenoxy) is 2. The number of aliphatic carboxylic acids is 1. The lowest BCUT2D eigenvalue weighted by atomic mass is 9.83. The number of para-hydroxylation sites is 1. The van der Waals surface area contributed by atoms with E-state index in [4.69, 9.17) is 9.47 Å². The number of benzene rings is 3. The van der Waals surface area contributed by atoms with Crippen molar-refractivity contribution in [3.63, 3.8) is 0 Å². The summed E-state index contributed by atoms with van der Waals surface area (Å²) in [7, 11) is 1.63. The van der Waals surface area contributed by atoms with Gasteiger partial charge >= 0.3 is 5.97 Å². The number of rotatable bonds is 8. The van der Waals surface area contributed by atoms with E-state index in [0.29, 0.717) is 13.0 Å². The van der Waals surface area contributed by atoms with E-state index in [1.54, 1.807) is 7.11 Å². The van der Waals surface area contributed by atoms with E-state index < -0.39 is 23.5 Å². The predicted molar refractivity (Wildman–Crippen MR) is 144 cm³/mol. The second-order valence-corrected chi connectivity index (χ2v) is 10.6. The van der Waals surface area contributed by atoms with Crippen LogP contribution in [0.25, 0.3) is 11.1 Å². The van der Waals surface area contributed by atoms with Crippen LogP contribution in [0.1, 0.15) is 50.3 Å². The molecular formula is C31H35NO5. The average molecular weight is 502 g/mol. The number of carbonyl (C=O) groups is 2. The minimum atomic E-state index is -1.18. The SMILES string of the molecule is COc1ccccc1-c1ccc(C[C@H](NC(=O)[C@@]2(c3ccc(C(C)(C)C)cc3)CCCO2)C(=O)O)cc1. The maximum atomic E-state index is 13.6. The Hall–Kier alpha value is -3.64. The lowest BCUT2D eigenvalue weighted by molar-refractivity contribution is -0.149. The molecular weight excluding hydrogens is 466 g/mol. The van der Waals surface area contributed by atoms with Gasteiger partial charge < -0.3 is 19.9 Å². The fourth-order valence-corrected chi connectivity index (χ4v) is 4.83. The third-order valence-corrected chi connectivity index (χ3v) is 7.02. The van der Waals surface area contributed by atoms with Crippen molar-refractivity contribution in [2.24, 2.45) is 0 Å². The Kier molecular flexibility index (Phi) is 7.69.